The lowest BCUT2D eigenvalue weighted by molar-refractivity contribution is 0.351. The summed E-state index contributed by atoms with van der Waals surface area (Å²) in [5.41, 5.74) is 6.54. The van der Waals surface area contributed by atoms with Crippen molar-refractivity contribution in [2.75, 3.05) is 14.2 Å². The molecule has 2 N–H and O–H groups in total. The second-order valence-corrected chi connectivity index (χ2v) is 3.83. The molecular formula is C14H16N2O3. The van der Waals surface area contributed by atoms with Crippen molar-refractivity contribution in [3.63, 3.8) is 0 Å². The van der Waals surface area contributed by atoms with Crippen molar-refractivity contribution < 1.29 is 14.2 Å². The number of pyridine rings is 1. The van der Waals surface area contributed by atoms with Crippen molar-refractivity contribution in [3.05, 3.63) is 42.1 Å². The van der Waals surface area contributed by atoms with E-state index in [-0.39, 0.29) is 0 Å². The molecule has 0 amide bonds. The molecule has 1 heterocycles. The largest absolute Gasteiger partial charge is 0.493 e. The molecule has 1 aromatic heterocycles. The van der Waals surface area contributed by atoms with E-state index in [0.29, 0.717) is 29.7 Å². The molecule has 0 fully saturated rings. The van der Waals surface area contributed by atoms with Gasteiger partial charge in [-0.25, -0.2) is 4.98 Å². The number of aromatic nitrogens is 1. The van der Waals surface area contributed by atoms with Crippen LogP contribution >= 0.6 is 0 Å². The van der Waals surface area contributed by atoms with Crippen LogP contribution in [-0.2, 0) is 6.54 Å². The predicted octanol–water partition coefficient (Wildman–Crippen LogP) is 2.35. The summed E-state index contributed by atoms with van der Waals surface area (Å²) in [7, 11) is 3.17. The zero-order valence-electron chi connectivity index (χ0n) is 10.9. The van der Waals surface area contributed by atoms with Crippen molar-refractivity contribution in [3.8, 4) is 23.1 Å². The number of nitrogens with two attached hydrogens (primary N) is 1. The Morgan fingerprint density at radius 1 is 1.05 bits per heavy atom. The maximum atomic E-state index is 5.66. The number of benzene rings is 1. The topological polar surface area (TPSA) is 66.6 Å². The van der Waals surface area contributed by atoms with Crippen LogP contribution in [-0.4, -0.2) is 19.2 Å². The highest BCUT2D eigenvalue weighted by Crippen LogP contribution is 2.32. The van der Waals surface area contributed by atoms with E-state index in [4.69, 9.17) is 19.9 Å². The number of hydrogen-bond acceptors (Lipinski definition) is 5. The van der Waals surface area contributed by atoms with Gasteiger partial charge in [-0.05, 0) is 23.8 Å². The van der Waals surface area contributed by atoms with Crippen molar-refractivity contribution in [1.82, 2.24) is 4.98 Å². The van der Waals surface area contributed by atoms with Crippen LogP contribution in [0.5, 0.6) is 23.1 Å². The Hall–Kier alpha value is -2.27. The van der Waals surface area contributed by atoms with Crippen LogP contribution in [0, 0.1) is 0 Å². The van der Waals surface area contributed by atoms with Crippen LogP contribution in [0.3, 0.4) is 0 Å². The number of ether oxygens (including phenoxy) is 3. The molecule has 1 aromatic carbocycles. The summed E-state index contributed by atoms with van der Waals surface area (Å²) in [4.78, 5) is 4.13. The third-order valence-electron chi connectivity index (χ3n) is 2.61. The fourth-order valence-electron chi connectivity index (χ4n) is 1.63. The van der Waals surface area contributed by atoms with Gasteiger partial charge in [-0.3, -0.25) is 0 Å². The molecule has 2 rings (SSSR count). The first-order chi connectivity index (χ1) is 9.26. The molecule has 0 aliphatic carbocycles. The third kappa shape index (κ3) is 3.14. The molecule has 100 valence electrons. The van der Waals surface area contributed by atoms with Crippen LogP contribution in [0.2, 0.25) is 0 Å². The lowest BCUT2D eigenvalue weighted by Crippen LogP contribution is -1.97. The van der Waals surface area contributed by atoms with Gasteiger partial charge in [0, 0.05) is 24.9 Å². The lowest BCUT2D eigenvalue weighted by Gasteiger charge is -2.10. The van der Waals surface area contributed by atoms with E-state index < -0.39 is 0 Å². The summed E-state index contributed by atoms with van der Waals surface area (Å²) in [5.74, 6) is 2.38. The Morgan fingerprint density at radius 2 is 1.84 bits per heavy atom. The second-order valence-electron chi connectivity index (χ2n) is 3.83. The van der Waals surface area contributed by atoms with Gasteiger partial charge in [0.05, 0.1) is 14.2 Å². The molecule has 5 heteroatoms. The smallest absolute Gasteiger partial charge is 0.219 e. The summed E-state index contributed by atoms with van der Waals surface area (Å²) in [6.45, 7) is 0.449. The summed E-state index contributed by atoms with van der Waals surface area (Å²) in [6, 6.07) is 8.97. The molecule has 0 unspecified atom stereocenters. The molecule has 0 atom stereocenters. The van der Waals surface area contributed by atoms with Gasteiger partial charge in [-0.1, -0.05) is 0 Å². The fraction of sp³-hybridized carbons (Fsp3) is 0.214. The molecule has 0 radical (unpaired) electrons. The Kier molecular flexibility index (Phi) is 4.20. The Bertz CT molecular complexity index is 558. The summed E-state index contributed by atoms with van der Waals surface area (Å²) < 4.78 is 16.0. The number of methoxy groups -OCH3 is 2. The zero-order chi connectivity index (χ0) is 13.7. The molecule has 2 aromatic rings. The Balaban J connectivity index is 2.22. The first-order valence-corrected chi connectivity index (χ1v) is 5.81. The summed E-state index contributed by atoms with van der Waals surface area (Å²) in [5, 5.41) is 0. The zero-order valence-corrected chi connectivity index (χ0v) is 10.9. The number of rotatable bonds is 5. The van der Waals surface area contributed by atoms with Crippen LogP contribution < -0.4 is 19.9 Å². The van der Waals surface area contributed by atoms with E-state index in [0.717, 1.165) is 5.56 Å². The normalized spacial score (nSPS) is 10.1. The number of nitrogens with zero attached hydrogens (tertiary/aromatic N) is 1. The van der Waals surface area contributed by atoms with E-state index in [9.17, 15) is 0 Å². The molecule has 19 heavy (non-hydrogen) atoms. The van der Waals surface area contributed by atoms with Crippen molar-refractivity contribution in [2.45, 2.75) is 6.54 Å². The lowest BCUT2D eigenvalue weighted by atomic mass is 10.2. The standard InChI is InChI=1S/C14H16N2O3/c1-17-12-4-3-11(8-13(12)18-2)19-14-7-10(9-15)5-6-16-14/h3-8H,9,15H2,1-2H3. The van der Waals surface area contributed by atoms with Crippen molar-refractivity contribution in [2.24, 2.45) is 5.73 Å². The van der Waals surface area contributed by atoms with E-state index in [2.05, 4.69) is 4.98 Å². The highest BCUT2D eigenvalue weighted by atomic mass is 16.5. The molecule has 0 bridgehead atoms. The van der Waals surface area contributed by atoms with Crippen LogP contribution in [0.1, 0.15) is 5.56 Å². The van der Waals surface area contributed by atoms with Gasteiger partial charge in [0.1, 0.15) is 5.75 Å². The average Bonchev–Trinajstić information content (AvgIpc) is 2.47. The highest BCUT2D eigenvalue weighted by molar-refractivity contribution is 5.46. The number of hydrogen-bond donors (Lipinski definition) is 1. The van der Waals surface area contributed by atoms with Crippen LogP contribution in [0.25, 0.3) is 0 Å². The maximum Gasteiger partial charge on any atom is 0.219 e. The minimum atomic E-state index is 0.449. The highest BCUT2D eigenvalue weighted by Gasteiger charge is 2.06. The van der Waals surface area contributed by atoms with E-state index in [1.807, 2.05) is 6.07 Å². The molecule has 0 aliphatic rings. The molecule has 0 aliphatic heterocycles. The minimum absolute atomic E-state index is 0.449. The molecular weight excluding hydrogens is 244 g/mol. The fourth-order valence-corrected chi connectivity index (χ4v) is 1.63. The maximum absolute atomic E-state index is 5.66. The predicted molar refractivity (Wildman–Crippen MR) is 71.7 cm³/mol. The summed E-state index contributed by atoms with van der Waals surface area (Å²) in [6.07, 6.45) is 1.66. The van der Waals surface area contributed by atoms with Gasteiger partial charge in [0.15, 0.2) is 11.5 Å². The average molecular weight is 260 g/mol. The van der Waals surface area contributed by atoms with E-state index in [1.54, 1.807) is 44.7 Å². The Morgan fingerprint density at radius 3 is 2.53 bits per heavy atom. The quantitative estimate of drug-likeness (QED) is 0.893. The van der Waals surface area contributed by atoms with Gasteiger partial charge < -0.3 is 19.9 Å². The van der Waals surface area contributed by atoms with Crippen molar-refractivity contribution in [1.29, 1.82) is 0 Å². The second kappa shape index (κ2) is 6.06. The van der Waals surface area contributed by atoms with Gasteiger partial charge in [0.25, 0.3) is 0 Å². The van der Waals surface area contributed by atoms with Gasteiger partial charge in [-0.2, -0.15) is 0 Å². The molecule has 0 saturated carbocycles. The molecule has 5 nitrogen and oxygen atoms in total. The van der Waals surface area contributed by atoms with Gasteiger partial charge in [-0.15, -0.1) is 0 Å². The monoisotopic (exact) mass is 260 g/mol. The summed E-state index contributed by atoms with van der Waals surface area (Å²) >= 11 is 0. The first-order valence-electron chi connectivity index (χ1n) is 5.81. The van der Waals surface area contributed by atoms with E-state index >= 15 is 0 Å². The third-order valence-corrected chi connectivity index (χ3v) is 2.61. The van der Waals surface area contributed by atoms with Crippen LogP contribution in [0.4, 0.5) is 0 Å². The van der Waals surface area contributed by atoms with E-state index in [1.165, 1.54) is 0 Å². The van der Waals surface area contributed by atoms with Crippen LogP contribution in [0.15, 0.2) is 36.5 Å². The minimum Gasteiger partial charge on any atom is -0.493 e. The Labute approximate surface area is 111 Å². The first kappa shape index (κ1) is 13.2. The van der Waals surface area contributed by atoms with Gasteiger partial charge in [0.2, 0.25) is 5.88 Å². The molecule has 0 spiro atoms. The van der Waals surface area contributed by atoms with Gasteiger partial charge >= 0.3 is 0 Å². The SMILES string of the molecule is COc1ccc(Oc2cc(CN)ccn2)cc1OC. The molecule has 0 saturated heterocycles. The van der Waals surface area contributed by atoms with Crippen molar-refractivity contribution >= 4 is 0 Å².